The van der Waals surface area contributed by atoms with E-state index in [2.05, 4.69) is 5.32 Å². The van der Waals surface area contributed by atoms with Gasteiger partial charge in [0, 0.05) is 17.4 Å². The van der Waals surface area contributed by atoms with Crippen molar-refractivity contribution in [2.75, 3.05) is 6.61 Å². The molecule has 168 valence electrons. The largest absolute Gasteiger partial charge is 0.508 e. The number of rotatable bonds is 7. The summed E-state index contributed by atoms with van der Waals surface area (Å²) in [6.07, 6.45) is 0.0502. The van der Waals surface area contributed by atoms with E-state index in [9.17, 15) is 24.6 Å². The van der Waals surface area contributed by atoms with Crippen LogP contribution >= 0.6 is 0 Å². The highest BCUT2D eigenvalue weighted by Gasteiger charge is 2.21. The molecule has 4 aromatic rings. The molecule has 1 amide bonds. The molecule has 0 saturated heterocycles. The molecule has 1 heterocycles. The average Bonchev–Trinajstić information content (AvgIpc) is 2.80. The van der Waals surface area contributed by atoms with Crippen LogP contribution in [0.2, 0.25) is 0 Å². The lowest BCUT2D eigenvalue weighted by molar-refractivity contribution is -0.142. The lowest BCUT2D eigenvalue weighted by atomic mass is 10.0. The van der Waals surface area contributed by atoms with Crippen LogP contribution < -0.4 is 15.7 Å². The van der Waals surface area contributed by atoms with Crippen molar-refractivity contribution in [3.63, 3.8) is 0 Å². The Kier molecular flexibility index (Phi) is 5.99. The number of phenols is 1. The molecule has 0 radical (unpaired) electrons. The number of carboxylic acid groups (broad SMARTS) is 1. The molecule has 8 nitrogen and oxygen atoms in total. The highest BCUT2D eigenvalue weighted by Crippen LogP contribution is 2.30. The minimum absolute atomic E-state index is 0.0502. The van der Waals surface area contributed by atoms with E-state index in [1.807, 2.05) is 12.1 Å². The van der Waals surface area contributed by atoms with Crippen LogP contribution in [-0.4, -0.2) is 34.7 Å². The van der Waals surface area contributed by atoms with Gasteiger partial charge in [0.1, 0.15) is 23.1 Å². The van der Waals surface area contributed by atoms with Crippen molar-refractivity contribution in [1.82, 2.24) is 5.32 Å². The Hall–Kier alpha value is -4.33. The van der Waals surface area contributed by atoms with E-state index in [0.29, 0.717) is 27.8 Å². The first-order chi connectivity index (χ1) is 15.8. The maximum Gasteiger partial charge on any atom is 0.344 e. The van der Waals surface area contributed by atoms with E-state index < -0.39 is 30.2 Å². The van der Waals surface area contributed by atoms with Crippen LogP contribution in [-0.2, 0) is 16.0 Å². The van der Waals surface area contributed by atoms with Gasteiger partial charge in [0.2, 0.25) is 0 Å². The Morgan fingerprint density at radius 1 is 1.00 bits per heavy atom. The lowest BCUT2D eigenvalue weighted by Crippen LogP contribution is -2.44. The van der Waals surface area contributed by atoms with Crippen LogP contribution in [0.3, 0.4) is 0 Å². The van der Waals surface area contributed by atoms with Gasteiger partial charge in [0.15, 0.2) is 6.61 Å². The van der Waals surface area contributed by atoms with Gasteiger partial charge < -0.3 is 24.7 Å². The molecule has 1 aromatic heterocycles. The first-order valence-corrected chi connectivity index (χ1v) is 10.2. The SMILES string of the molecule is Cc1c(OCC(=O)NC(Cc2ccc(O)cc2)C(=O)O)ccc2c1oc(=O)c1ccccc12. The van der Waals surface area contributed by atoms with Crippen molar-refractivity contribution in [1.29, 1.82) is 0 Å². The van der Waals surface area contributed by atoms with Gasteiger partial charge in [0.05, 0.1) is 5.39 Å². The molecule has 1 atom stereocenters. The number of hydrogen-bond acceptors (Lipinski definition) is 6. The quantitative estimate of drug-likeness (QED) is 0.293. The van der Waals surface area contributed by atoms with Crippen LogP contribution in [0.4, 0.5) is 0 Å². The van der Waals surface area contributed by atoms with Crippen LogP contribution in [0.15, 0.2) is 69.9 Å². The zero-order valence-corrected chi connectivity index (χ0v) is 17.7. The van der Waals surface area contributed by atoms with Gasteiger partial charge in [-0.05, 0) is 48.2 Å². The minimum atomic E-state index is -1.19. The highest BCUT2D eigenvalue weighted by molar-refractivity contribution is 6.05. The van der Waals surface area contributed by atoms with Gasteiger partial charge in [0.25, 0.3) is 5.91 Å². The van der Waals surface area contributed by atoms with Crippen molar-refractivity contribution in [3.05, 3.63) is 82.2 Å². The molecule has 3 aromatic carbocycles. The first-order valence-electron chi connectivity index (χ1n) is 10.2. The Morgan fingerprint density at radius 2 is 1.70 bits per heavy atom. The predicted octanol–water partition coefficient (Wildman–Crippen LogP) is 3.15. The molecule has 3 N–H and O–H groups in total. The number of nitrogens with one attached hydrogen (secondary N) is 1. The zero-order valence-electron chi connectivity index (χ0n) is 17.7. The van der Waals surface area contributed by atoms with Crippen LogP contribution in [0, 0.1) is 6.92 Å². The normalized spacial score (nSPS) is 11.9. The number of aromatic hydroxyl groups is 1. The van der Waals surface area contributed by atoms with Gasteiger partial charge in [-0.25, -0.2) is 9.59 Å². The third kappa shape index (κ3) is 4.64. The molecule has 4 rings (SSSR count). The number of fused-ring (bicyclic) bond motifs is 3. The Balaban J connectivity index is 1.49. The summed E-state index contributed by atoms with van der Waals surface area (Å²) in [7, 11) is 0. The number of ether oxygens (including phenoxy) is 1. The van der Waals surface area contributed by atoms with Crippen molar-refractivity contribution in [3.8, 4) is 11.5 Å². The first kappa shape index (κ1) is 21.9. The van der Waals surface area contributed by atoms with Crippen LogP contribution in [0.25, 0.3) is 21.7 Å². The van der Waals surface area contributed by atoms with Crippen molar-refractivity contribution in [2.24, 2.45) is 0 Å². The number of hydrogen-bond donors (Lipinski definition) is 3. The summed E-state index contributed by atoms with van der Waals surface area (Å²) in [4.78, 5) is 36.3. The Bertz CT molecular complexity index is 1410. The molecule has 0 fully saturated rings. The molecule has 0 aliphatic rings. The van der Waals surface area contributed by atoms with E-state index in [1.54, 1.807) is 43.3 Å². The fraction of sp³-hybridized carbons (Fsp3) is 0.160. The number of carbonyl (C=O) groups is 2. The number of carbonyl (C=O) groups excluding carboxylic acids is 1. The molecular weight excluding hydrogens is 426 g/mol. The molecule has 1 unspecified atom stereocenters. The van der Waals surface area contributed by atoms with E-state index in [0.717, 1.165) is 10.8 Å². The highest BCUT2D eigenvalue weighted by atomic mass is 16.5. The smallest absolute Gasteiger partial charge is 0.344 e. The number of aryl methyl sites for hydroxylation is 1. The van der Waals surface area contributed by atoms with E-state index in [4.69, 9.17) is 9.15 Å². The van der Waals surface area contributed by atoms with Crippen molar-refractivity contribution in [2.45, 2.75) is 19.4 Å². The maximum absolute atomic E-state index is 12.4. The fourth-order valence-corrected chi connectivity index (χ4v) is 3.66. The summed E-state index contributed by atoms with van der Waals surface area (Å²) in [6, 6.07) is 15.5. The molecule has 0 bridgehead atoms. The van der Waals surface area contributed by atoms with Gasteiger partial charge in [-0.3, -0.25) is 4.79 Å². The molecule has 8 heteroatoms. The topological polar surface area (TPSA) is 126 Å². The summed E-state index contributed by atoms with van der Waals surface area (Å²) in [5, 5.41) is 23.2. The number of aliphatic carboxylic acids is 1. The summed E-state index contributed by atoms with van der Waals surface area (Å²) >= 11 is 0. The van der Waals surface area contributed by atoms with Crippen LogP contribution in [0.1, 0.15) is 11.1 Å². The van der Waals surface area contributed by atoms with Crippen molar-refractivity contribution < 1.29 is 29.0 Å². The predicted molar refractivity (Wildman–Crippen MR) is 122 cm³/mol. The molecule has 33 heavy (non-hydrogen) atoms. The number of benzene rings is 3. The maximum atomic E-state index is 12.4. The summed E-state index contributed by atoms with van der Waals surface area (Å²) < 4.78 is 11.1. The standard InChI is InChI=1S/C25H21NO7/c1-14-21(11-10-18-17-4-2-3-5-19(17)25(31)33-23(14)18)32-13-22(28)26-20(24(29)30)12-15-6-8-16(27)9-7-15/h2-11,20,27H,12-13H2,1H3,(H,26,28)(H,29,30). The number of carboxylic acids is 1. The third-order valence-electron chi connectivity index (χ3n) is 5.36. The van der Waals surface area contributed by atoms with Gasteiger partial charge in [-0.15, -0.1) is 0 Å². The second-order valence-corrected chi connectivity index (χ2v) is 7.62. The van der Waals surface area contributed by atoms with E-state index in [-0.39, 0.29) is 12.2 Å². The third-order valence-corrected chi connectivity index (χ3v) is 5.36. The van der Waals surface area contributed by atoms with Crippen LogP contribution in [0.5, 0.6) is 11.5 Å². The Morgan fingerprint density at radius 3 is 2.39 bits per heavy atom. The van der Waals surface area contributed by atoms with Gasteiger partial charge in [-0.1, -0.05) is 30.3 Å². The fourth-order valence-electron chi connectivity index (χ4n) is 3.66. The monoisotopic (exact) mass is 447 g/mol. The molecule has 0 aliphatic heterocycles. The summed E-state index contributed by atoms with van der Waals surface area (Å²) in [6.45, 7) is 1.31. The minimum Gasteiger partial charge on any atom is -0.508 e. The second kappa shape index (κ2) is 9.04. The van der Waals surface area contributed by atoms with Crippen molar-refractivity contribution >= 4 is 33.6 Å². The van der Waals surface area contributed by atoms with Gasteiger partial charge in [-0.2, -0.15) is 0 Å². The second-order valence-electron chi connectivity index (χ2n) is 7.62. The zero-order chi connectivity index (χ0) is 23.5. The molecule has 0 spiro atoms. The molecule has 0 aliphatic carbocycles. The number of amides is 1. The Labute approximate surface area is 188 Å². The summed E-state index contributed by atoms with van der Waals surface area (Å²) in [5.41, 5.74) is 1.11. The molecular formula is C25H21NO7. The van der Waals surface area contributed by atoms with Gasteiger partial charge >= 0.3 is 11.6 Å². The number of phenolic OH excluding ortho intramolecular Hbond substituents is 1. The average molecular weight is 447 g/mol. The van der Waals surface area contributed by atoms with E-state index in [1.165, 1.54) is 12.1 Å². The lowest BCUT2D eigenvalue weighted by Gasteiger charge is -2.16. The molecule has 0 saturated carbocycles. The van der Waals surface area contributed by atoms with E-state index >= 15 is 0 Å². The summed E-state index contributed by atoms with van der Waals surface area (Å²) in [5.74, 6) is -1.38.